The Hall–Kier alpha value is -4.14. The number of amides is 1. The van der Waals surface area contributed by atoms with E-state index in [1.54, 1.807) is 66.6 Å². The molecule has 6 rings (SSSR count). The maximum Gasteiger partial charge on any atom is 0.257 e. The molecule has 2 aliphatic rings. The number of carbonyl (C=O) groups excluding carboxylic acids is 1. The first-order chi connectivity index (χ1) is 21.2. The number of hydrogen-bond donors (Lipinski definition) is 1. The third kappa shape index (κ3) is 5.06. The van der Waals surface area contributed by atoms with Gasteiger partial charge in [0.2, 0.25) is 5.72 Å². The quantitative estimate of drug-likeness (QED) is 0.276. The van der Waals surface area contributed by atoms with Crippen LogP contribution in [0.3, 0.4) is 0 Å². The number of benzene rings is 2. The molecule has 0 aliphatic carbocycles. The number of ether oxygens (including phenoxy) is 2. The zero-order valence-corrected chi connectivity index (χ0v) is 25.1. The van der Waals surface area contributed by atoms with Gasteiger partial charge in [-0.2, -0.15) is 5.26 Å². The SMILES string of the molecule is CCCC(O)(c1cc(F)c2c(c1)C(=O)N(Cc1ccc(C#N)cn1)[C@@]2(O[C@H]1CCOC1)c1ccc(Cl)cc1)c1cn(C)cn1. The van der Waals surface area contributed by atoms with Gasteiger partial charge in [0.05, 0.1) is 53.7 Å². The second-order valence-electron chi connectivity index (χ2n) is 11.2. The maximum atomic E-state index is 16.9. The van der Waals surface area contributed by atoms with E-state index in [0.717, 1.165) is 0 Å². The minimum atomic E-state index is -1.71. The van der Waals surface area contributed by atoms with Crippen LogP contribution in [-0.2, 0) is 34.4 Å². The number of nitrogens with zero attached hydrogens (tertiary/aromatic N) is 5. The Morgan fingerprint density at radius 2 is 2.05 bits per heavy atom. The Bertz CT molecular complexity index is 1730. The average Bonchev–Trinajstić information content (AvgIpc) is 3.75. The molecule has 1 N–H and O–H groups in total. The van der Waals surface area contributed by atoms with Crippen molar-refractivity contribution in [1.29, 1.82) is 5.26 Å². The van der Waals surface area contributed by atoms with Crippen LogP contribution in [0.15, 0.2) is 67.3 Å². The number of rotatable bonds is 9. The van der Waals surface area contributed by atoms with Gasteiger partial charge in [0, 0.05) is 36.6 Å². The number of halogens is 2. The minimum absolute atomic E-state index is 0.0361. The van der Waals surface area contributed by atoms with E-state index in [2.05, 4.69) is 9.97 Å². The first-order valence-corrected chi connectivity index (χ1v) is 14.8. The highest BCUT2D eigenvalue weighted by Crippen LogP contribution is 2.50. The molecule has 4 aromatic rings. The monoisotopic (exact) mass is 615 g/mol. The molecule has 11 heteroatoms. The van der Waals surface area contributed by atoms with Gasteiger partial charge in [-0.1, -0.05) is 37.1 Å². The van der Waals surface area contributed by atoms with E-state index >= 15 is 4.39 Å². The van der Waals surface area contributed by atoms with Gasteiger partial charge in [0.1, 0.15) is 17.5 Å². The van der Waals surface area contributed by atoms with Crippen molar-refractivity contribution < 1.29 is 23.8 Å². The molecule has 9 nitrogen and oxygen atoms in total. The number of aryl methyl sites for hydroxylation is 1. The van der Waals surface area contributed by atoms with Gasteiger partial charge < -0.3 is 19.1 Å². The fourth-order valence-electron chi connectivity index (χ4n) is 6.13. The lowest BCUT2D eigenvalue weighted by atomic mass is 9.83. The Labute approximate surface area is 259 Å². The lowest BCUT2D eigenvalue weighted by molar-refractivity contribution is -0.148. The summed E-state index contributed by atoms with van der Waals surface area (Å²) in [5.74, 6) is -1.21. The summed E-state index contributed by atoms with van der Waals surface area (Å²) in [5.41, 5.74) is -1.33. The summed E-state index contributed by atoms with van der Waals surface area (Å²) in [6.45, 7) is 2.61. The third-order valence-corrected chi connectivity index (χ3v) is 8.49. The summed E-state index contributed by atoms with van der Waals surface area (Å²) in [4.78, 5) is 24.8. The number of hydrogen-bond acceptors (Lipinski definition) is 7. The zero-order valence-electron chi connectivity index (χ0n) is 24.3. The van der Waals surface area contributed by atoms with Gasteiger partial charge in [-0.25, -0.2) is 9.37 Å². The largest absolute Gasteiger partial charge is 0.379 e. The van der Waals surface area contributed by atoms with Crippen LogP contribution >= 0.6 is 11.6 Å². The van der Waals surface area contributed by atoms with Crippen molar-refractivity contribution in [3.8, 4) is 6.07 Å². The number of nitriles is 1. The van der Waals surface area contributed by atoms with E-state index in [1.807, 2.05) is 13.0 Å². The number of carbonyl (C=O) groups is 1. The maximum absolute atomic E-state index is 16.9. The summed E-state index contributed by atoms with van der Waals surface area (Å²) in [6, 6.07) is 14.9. The van der Waals surface area contributed by atoms with Crippen LogP contribution in [0.2, 0.25) is 5.02 Å². The zero-order chi connectivity index (χ0) is 31.1. The van der Waals surface area contributed by atoms with Crippen LogP contribution in [0.4, 0.5) is 4.39 Å². The molecule has 0 radical (unpaired) electrons. The summed E-state index contributed by atoms with van der Waals surface area (Å²) in [5, 5.41) is 21.7. The highest BCUT2D eigenvalue weighted by atomic mass is 35.5. The van der Waals surface area contributed by atoms with Crippen molar-refractivity contribution in [2.24, 2.45) is 7.05 Å². The lowest BCUT2D eigenvalue weighted by Crippen LogP contribution is -2.49. The van der Waals surface area contributed by atoms with Crippen LogP contribution in [-0.4, -0.2) is 49.8 Å². The molecule has 226 valence electrons. The molecule has 0 spiro atoms. The van der Waals surface area contributed by atoms with Gasteiger partial charge in [-0.05, 0) is 54.8 Å². The fourth-order valence-corrected chi connectivity index (χ4v) is 6.26. The second kappa shape index (κ2) is 11.7. The molecular weight excluding hydrogens is 585 g/mol. The first-order valence-electron chi connectivity index (χ1n) is 14.4. The Morgan fingerprint density at radius 3 is 2.66 bits per heavy atom. The van der Waals surface area contributed by atoms with Crippen LogP contribution in [0.1, 0.15) is 70.2 Å². The number of aromatic nitrogens is 3. The van der Waals surface area contributed by atoms with Crippen LogP contribution < -0.4 is 0 Å². The second-order valence-corrected chi connectivity index (χ2v) is 11.6. The number of pyridine rings is 1. The van der Waals surface area contributed by atoms with Gasteiger partial charge in [0.25, 0.3) is 5.91 Å². The fraction of sp³-hybridized carbons (Fsp3) is 0.333. The van der Waals surface area contributed by atoms with Gasteiger partial charge in [-0.15, -0.1) is 0 Å². The molecule has 1 unspecified atom stereocenters. The molecule has 1 amide bonds. The van der Waals surface area contributed by atoms with Crippen molar-refractivity contribution in [1.82, 2.24) is 19.4 Å². The molecule has 1 saturated heterocycles. The summed E-state index contributed by atoms with van der Waals surface area (Å²) < 4.78 is 31.0. The molecule has 2 aromatic carbocycles. The van der Waals surface area contributed by atoms with Crippen LogP contribution in [0.25, 0.3) is 0 Å². The topological polar surface area (TPSA) is 114 Å². The van der Waals surface area contributed by atoms with Gasteiger partial charge in [0.15, 0.2) is 0 Å². The number of fused-ring (bicyclic) bond motifs is 1. The summed E-state index contributed by atoms with van der Waals surface area (Å²) in [6.07, 6.45) is 5.63. The van der Waals surface area contributed by atoms with Crippen LogP contribution in [0.5, 0.6) is 0 Å². The normalized spacial score (nSPS) is 20.9. The third-order valence-electron chi connectivity index (χ3n) is 8.24. The number of imidazole rings is 1. The molecule has 44 heavy (non-hydrogen) atoms. The molecule has 4 heterocycles. The van der Waals surface area contributed by atoms with E-state index in [0.29, 0.717) is 47.0 Å². The van der Waals surface area contributed by atoms with Crippen molar-refractivity contribution in [2.45, 2.75) is 50.2 Å². The predicted molar refractivity (Wildman–Crippen MR) is 159 cm³/mol. The van der Waals surface area contributed by atoms with Crippen LogP contribution in [0, 0.1) is 17.1 Å². The van der Waals surface area contributed by atoms with Crippen molar-refractivity contribution in [3.63, 3.8) is 0 Å². The molecule has 1 fully saturated rings. The van der Waals surface area contributed by atoms with E-state index in [4.69, 9.17) is 21.1 Å². The minimum Gasteiger partial charge on any atom is -0.379 e. The van der Waals surface area contributed by atoms with Crippen molar-refractivity contribution in [3.05, 3.63) is 117 Å². The Kier molecular flexibility index (Phi) is 7.99. The highest BCUT2D eigenvalue weighted by molar-refractivity contribution is 6.30. The summed E-state index contributed by atoms with van der Waals surface area (Å²) in [7, 11) is 1.79. The average molecular weight is 616 g/mol. The Morgan fingerprint density at radius 1 is 1.25 bits per heavy atom. The first kappa shape index (κ1) is 29.9. The van der Waals surface area contributed by atoms with Crippen molar-refractivity contribution in [2.75, 3.05) is 13.2 Å². The predicted octanol–water partition coefficient (Wildman–Crippen LogP) is 5.18. The standard InChI is InChI=1S/C33H31ClFN5O4/c1-3-11-32(42,29-18-39(2)20-38-29)23-13-27-30(28(35)14-23)33(44-26-10-12-43-19-26,22-5-7-24(34)8-6-22)40(31(27)41)17-25-9-4-21(15-36)16-37-25/h4-9,13-14,16,18,20,26,42H,3,10-12,17,19H2,1-2H3/t26-,32?,33+/m0/s1. The smallest absolute Gasteiger partial charge is 0.257 e. The highest BCUT2D eigenvalue weighted by Gasteiger charge is 2.56. The molecule has 0 bridgehead atoms. The summed E-state index contributed by atoms with van der Waals surface area (Å²) >= 11 is 6.26. The molecule has 3 atom stereocenters. The molecule has 2 aromatic heterocycles. The van der Waals surface area contributed by atoms with E-state index in [9.17, 15) is 15.2 Å². The van der Waals surface area contributed by atoms with E-state index in [1.165, 1.54) is 17.2 Å². The van der Waals surface area contributed by atoms with Gasteiger partial charge >= 0.3 is 0 Å². The van der Waals surface area contributed by atoms with E-state index in [-0.39, 0.29) is 36.3 Å². The van der Waals surface area contributed by atoms with Crippen molar-refractivity contribution >= 4 is 17.5 Å². The molecule has 0 saturated carbocycles. The van der Waals surface area contributed by atoms with Gasteiger partial charge in [-0.3, -0.25) is 14.7 Å². The molecular formula is C33H31ClFN5O4. The lowest BCUT2D eigenvalue weighted by Gasteiger charge is -2.41. The number of aliphatic hydroxyl groups is 1. The van der Waals surface area contributed by atoms with E-state index < -0.39 is 29.2 Å². The molecule has 2 aliphatic heterocycles. The Balaban J connectivity index is 1.58.